The van der Waals surface area contributed by atoms with Crippen LogP contribution in [-0.2, 0) is 23.6 Å². The van der Waals surface area contributed by atoms with Crippen LogP contribution in [0.25, 0.3) is 0 Å². The lowest BCUT2D eigenvalue weighted by molar-refractivity contribution is -0.145. The zero-order chi connectivity index (χ0) is 30.1. The zero-order valence-electron chi connectivity index (χ0n) is 22.5. The maximum atomic E-state index is 14.0. The van der Waals surface area contributed by atoms with Crippen LogP contribution in [0.5, 0.6) is 0 Å². The summed E-state index contributed by atoms with van der Waals surface area (Å²) in [4.78, 5) is 29.0. The van der Waals surface area contributed by atoms with E-state index >= 15 is 0 Å². The number of fused-ring (bicyclic) bond motifs is 1. The normalized spacial score (nSPS) is 28.9. The third-order valence-electron chi connectivity index (χ3n) is 9.18. The number of amides is 2. The number of benzene rings is 1. The van der Waals surface area contributed by atoms with Crippen molar-refractivity contribution in [2.24, 2.45) is 30.5 Å². The monoisotopic (exact) mass is 608 g/mol. The number of nitrogens with zero attached hydrogens (tertiary/aromatic N) is 4. The topological polar surface area (TPSA) is 128 Å². The number of aryl methyl sites for hydroxylation is 1. The number of primary amides is 1. The number of imidazole rings is 1. The fraction of sp³-hybridized carbons (Fsp3) is 0.500. The van der Waals surface area contributed by atoms with Crippen molar-refractivity contribution in [2.45, 2.75) is 62.3 Å². The molecule has 2 unspecified atom stereocenters. The van der Waals surface area contributed by atoms with E-state index in [9.17, 15) is 32.3 Å². The second-order valence-corrected chi connectivity index (χ2v) is 12.3. The predicted molar refractivity (Wildman–Crippen MR) is 143 cm³/mol. The van der Waals surface area contributed by atoms with Crippen LogP contribution in [-0.4, -0.2) is 36.3 Å². The summed E-state index contributed by atoms with van der Waals surface area (Å²) in [5.74, 6) is -2.23. The minimum Gasteiger partial charge on any atom is -0.385 e. The third-order valence-corrected chi connectivity index (χ3v) is 9.47. The molecule has 3 saturated carbocycles. The van der Waals surface area contributed by atoms with E-state index in [1.165, 1.54) is 29.3 Å². The van der Waals surface area contributed by atoms with Crippen LogP contribution in [0, 0.1) is 23.6 Å². The molecule has 3 aromatic rings. The number of aliphatic hydroxyl groups is 1. The van der Waals surface area contributed by atoms with Gasteiger partial charge in [-0.2, -0.15) is 18.3 Å². The highest BCUT2D eigenvalue weighted by molar-refractivity contribution is 6.31. The highest BCUT2D eigenvalue weighted by atomic mass is 35.5. The zero-order valence-corrected chi connectivity index (χ0v) is 23.3. The number of aromatic nitrogens is 4. The number of hydrogen-bond acceptors (Lipinski definition) is 5. The number of carbonyl (C=O) groups is 2. The maximum absolute atomic E-state index is 14.0. The fourth-order valence-corrected chi connectivity index (χ4v) is 7.24. The van der Waals surface area contributed by atoms with Gasteiger partial charge in [0.25, 0.3) is 5.91 Å². The van der Waals surface area contributed by atoms with Crippen molar-refractivity contribution in [3.05, 3.63) is 64.2 Å². The second-order valence-electron chi connectivity index (χ2n) is 11.9. The Morgan fingerprint density at radius 2 is 1.83 bits per heavy atom. The van der Waals surface area contributed by atoms with Crippen molar-refractivity contribution in [2.75, 3.05) is 5.32 Å². The van der Waals surface area contributed by atoms with Crippen molar-refractivity contribution in [1.29, 1.82) is 0 Å². The van der Waals surface area contributed by atoms with Crippen LogP contribution < -0.4 is 11.1 Å². The summed E-state index contributed by atoms with van der Waals surface area (Å²) in [6.45, 7) is 0. The number of carbonyl (C=O) groups excluding carboxylic acids is 2. The van der Waals surface area contributed by atoms with Gasteiger partial charge in [0, 0.05) is 36.3 Å². The average Bonchev–Trinajstić information content (AvgIpc) is 3.61. The Morgan fingerprint density at radius 1 is 1.17 bits per heavy atom. The van der Waals surface area contributed by atoms with Gasteiger partial charge < -0.3 is 20.7 Å². The van der Waals surface area contributed by atoms with E-state index in [-0.39, 0.29) is 47.2 Å². The number of hydrogen-bond donors (Lipinski definition) is 3. The van der Waals surface area contributed by atoms with Gasteiger partial charge in [0.15, 0.2) is 5.69 Å². The smallest absolute Gasteiger partial charge is 0.385 e. The Labute approximate surface area is 243 Å². The second kappa shape index (κ2) is 10.1. The first-order valence-electron chi connectivity index (χ1n) is 13.7. The van der Waals surface area contributed by atoms with Gasteiger partial charge >= 0.3 is 6.18 Å². The molecule has 224 valence electrons. The van der Waals surface area contributed by atoms with Crippen LogP contribution in [0.3, 0.4) is 0 Å². The Balaban J connectivity index is 1.19. The van der Waals surface area contributed by atoms with Crippen molar-refractivity contribution < 1.29 is 32.3 Å². The molecule has 2 atom stereocenters. The Morgan fingerprint density at radius 3 is 2.43 bits per heavy atom. The lowest BCUT2D eigenvalue weighted by Crippen LogP contribution is -2.36. The Bertz CT molecular complexity index is 1550. The Hall–Kier alpha value is -3.45. The average molecular weight is 609 g/mol. The molecular weight excluding hydrogens is 580 g/mol. The summed E-state index contributed by atoms with van der Waals surface area (Å²) in [7, 11) is 1.68. The van der Waals surface area contributed by atoms with E-state index in [1.54, 1.807) is 11.6 Å². The molecule has 2 heterocycles. The lowest BCUT2D eigenvalue weighted by Gasteiger charge is -2.33. The van der Waals surface area contributed by atoms with Crippen molar-refractivity contribution in [3.63, 3.8) is 0 Å². The minimum atomic E-state index is -4.76. The van der Waals surface area contributed by atoms with Crippen LogP contribution in [0.15, 0.2) is 30.7 Å². The number of anilines is 1. The first-order chi connectivity index (χ1) is 19.7. The summed E-state index contributed by atoms with van der Waals surface area (Å²) >= 11 is 5.84. The number of nitrogens with two attached hydrogens (primary N) is 1. The summed E-state index contributed by atoms with van der Waals surface area (Å²) in [6, 6.07) is 3.48. The summed E-state index contributed by atoms with van der Waals surface area (Å²) < 4.78 is 58.5. The molecular formula is C28H29ClF4N6O3. The molecule has 6 rings (SSSR count). The molecule has 0 spiro atoms. The SMILES string of the molecule is Cn1cnc(C2CC3CC(O)(c4cn(C5CC(C(N)=O)C5)nc4C(F)(F)F)CC3C2)c1C(=O)Nc1ccc(F)c(Cl)c1. The van der Waals surface area contributed by atoms with E-state index in [4.69, 9.17) is 17.3 Å². The first-order valence-corrected chi connectivity index (χ1v) is 14.1. The molecule has 14 heteroatoms. The van der Waals surface area contributed by atoms with E-state index in [1.807, 2.05) is 0 Å². The highest BCUT2D eigenvalue weighted by Gasteiger charge is 2.54. The molecule has 0 radical (unpaired) electrons. The number of rotatable bonds is 6. The van der Waals surface area contributed by atoms with Gasteiger partial charge in [-0.15, -0.1) is 0 Å². The van der Waals surface area contributed by atoms with E-state index in [0.717, 1.165) is 6.07 Å². The quantitative estimate of drug-likeness (QED) is 0.343. The first kappa shape index (κ1) is 28.7. The van der Waals surface area contributed by atoms with E-state index < -0.39 is 41.0 Å². The largest absolute Gasteiger partial charge is 0.435 e. The van der Waals surface area contributed by atoms with Crippen LogP contribution in [0.4, 0.5) is 23.2 Å². The molecule has 0 saturated heterocycles. The van der Waals surface area contributed by atoms with Crippen molar-refractivity contribution in [3.8, 4) is 0 Å². The molecule has 3 fully saturated rings. The lowest BCUT2D eigenvalue weighted by atomic mass is 9.80. The van der Waals surface area contributed by atoms with Crippen LogP contribution in [0.1, 0.15) is 77.9 Å². The van der Waals surface area contributed by atoms with Gasteiger partial charge in [0.05, 0.1) is 28.7 Å². The van der Waals surface area contributed by atoms with E-state index in [0.29, 0.717) is 42.8 Å². The predicted octanol–water partition coefficient (Wildman–Crippen LogP) is 4.91. The van der Waals surface area contributed by atoms with Gasteiger partial charge in [-0.25, -0.2) is 9.37 Å². The number of nitrogens with one attached hydrogen (secondary N) is 1. The molecule has 9 nitrogen and oxygen atoms in total. The van der Waals surface area contributed by atoms with Gasteiger partial charge in [-0.3, -0.25) is 14.3 Å². The van der Waals surface area contributed by atoms with Gasteiger partial charge in [-0.1, -0.05) is 11.6 Å². The highest BCUT2D eigenvalue weighted by Crippen LogP contribution is 2.58. The molecule has 3 aliphatic rings. The van der Waals surface area contributed by atoms with Crippen LogP contribution >= 0.6 is 11.6 Å². The summed E-state index contributed by atoms with van der Waals surface area (Å²) in [5, 5.41) is 18.0. The summed E-state index contributed by atoms with van der Waals surface area (Å²) in [6.07, 6.45) is 0.0245. The molecule has 3 aliphatic carbocycles. The molecule has 1 aromatic carbocycles. The molecule has 42 heavy (non-hydrogen) atoms. The molecule has 2 aromatic heterocycles. The maximum Gasteiger partial charge on any atom is 0.435 e. The molecule has 2 amide bonds. The number of halogens is 5. The molecule has 0 aliphatic heterocycles. The minimum absolute atomic E-state index is 0.0822. The van der Waals surface area contributed by atoms with Gasteiger partial charge in [0.1, 0.15) is 11.5 Å². The van der Waals surface area contributed by atoms with Gasteiger partial charge in [-0.05, 0) is 68.6 Å². The number of alkyl halides is 3. The van der Waals surface area contributed by atoms with E-state index in [2.05, 4.69) is 15.4 Å². The fourth-order valence-electron chi connectivity index (χ4n) is 7.06. The van der Waals surface area contributed by atoms with Crippen LogP contribution in [0.2, 0.25) is 5.02 Å². The van der Waals surface area contributed by atoms with Crippen molar-refractivity contribution >= 4 is 29.1 Å². The van der Waals surface area contributed by atoms with Gasteiger partial charge in [0.2, 0.25) is 5.91 Å². The third kappa shape index (κ3) is 4.96. The summed E-state index contributed by atoms with van der Waals surface area (Å²) in [5.41, 5.74) is 3.47. The molecule has 0 bridgehead atoms. The van der Waals surface area contributed by atoms with Crippen molar-refractivity contribution in [1.82, 2.24) is 19.3 Å². The molecule has 4 N–H and O–H groups in total. The Kier molecular flexibility index (Phi) is 6.88. The standard InChI is InChI=1S/C28H29ClF4N6O3/c1-38-12-35-22(23(38)26(41)36-17-2-3-21(30)20(29)8-17)13-4-15-9-27(42,10-16(15)5-13)19-11-39(37-24(19)28(31,32)33)18-6-14(7-18)25(34)40/h2-3,8,11-16,18,42H,4-7,9-10H2,1H3,(H2,34,40)(H,36,41).